The third-order valence-electron chi connectivity index (χ3n) is 4.25. The van der Waals surface area contributed by atoms with Crippen LogP contribution in [0.4, 0.5) is 4.79 Å². The van der Waals surface area contributed by atoms with Crippen LogP contribution >= 0.6 is 0 Å². The summed E-state index contributed by atoms with van der Waals surface area (Å²) >= 11 is 0. The number of amides is 2. The lowest BCUT2D eigenvalue weighted by atomic mass is 10.1. The molecule has 0 radical (unpaired) electrons. The summed E-state index contributed by atoms with van der Waals surface area (Å²) < 4.78 is 0. The fraction of sp³-hybridized carbons (Fsp3) is 0.556. The van der Waals surface area contributed by atoms with Crippen LogP contribution in [0.3, 0.4) is 0 Å². The molecule has 24 heavy (non-hydrogen) atoms. The third-order valence-corrected chi connectivity index (χ3v) is 4.25. The van der Waals surface area contributed by atoms with Gasteiger partial charge in [-0.15, -0.1) is 0 Å². The zero-order valence-electron chi connectivity index (χ0n) is 14.4. The van der Waals surface area contributed by atoms with E-state index in [0.717, 1.165) is 25.1 Å². The normalized spacial score (nSPS) is 17.9. The first-order valence-corrected chi connectivity index (χ1v) is 8.53. The molecule has 1 saturated heterocycles. The van der Waals surface area contributed by atoms with E-state index in [1.165, 1.54) is 6.42 Å². The largest absolute Gasteiger partial charge is 0.478 e. The van der Waals surface area contributed by atoms with Crippen LogP contribution in [0.2, 0.25) is 0 Å². The first-order valence-electron chi connectivity index (χ1n) is 8.53. The van der Waals surface area contributed by atoms with Crippen LogP contribution in [0, 0.1) is 5.92 Å². The van der Waals surface area contributed by atoms with Gasteiger partial charge in [-0.3, -0.25) is 4.90 Å². The predicted octanol–water partition coefficient (Wildman–Crippen LogP) is 2.30. The second kappa shape index (κ2) is 8.68. The molecule has 1 fully saturated rings. The summed E-state index contributed by atoms with van der Waals surface area (Å²) in [5, 5.41) is 14.6. The standard InChI is InChI=1S/C18H27N3O3/c1-13(2)12-21-9-3-4-16(21)11-20-18(24)19-10-14-5-7-15(8-6-14)17(22)23/h5-8,13,16H,3-4,9-12H2,1-2H3,(H,22,23)(H2,19,20,24)/t16-/m1/s1. The molecule has 1 aromatic rings. The minimum Gasteiger partial charge on any atom is -0.478 e. The monoisotopic (exact) mass is 333 g/mol. The molecule has 132 valence electrons. The predicted molar refractivity (Wildman–Crippen MR) is 93.1 cm³/mol. The summed E-state index contributed by atoms with van der Waals surface area (Å²) in [5.41, 5.74) is 1.12. The van der Waals surface area contributed by atoms with E-state index in [1.54, 1.807) is 24.3 Å². The molecular weight excluding hydrogens is 306 g/mol. The smallest absolute Gasteiger partial charge is 0.335 e. The van der Waals surface area contributed by atoms with Gasteiger partial charge in [-0.05, 0) is 43.0 Å². The van der Waals surface area contributed by atoms with E-state index in [-0.39, 0.29) is 11.6 Å². The van der Waals surface area contributed by atoms with Crippen LogP contribution in [-0.2, 0) is 6.54 Å². The highest BCUT2D eigenvalue weighted by Crippen LogP contribution is 2.17. The SMILES string of the molecule is CC(C)CN1CCC[C@@H]1CNC(=O)NCc1ccc(C(=O)O)cc1. The van der Waals surface area contributed by atoms with E-state index < -0.39 is 5.97 Å². The number of carboxylic acids is 1. The van der Waals surface area contributed by atoms with Crippen molar-refractivity contribution in [2.75, 3.05) is 19.6 Å². The Balaban J connectivity index is 1.72. The lowest BCUT2D eigenvalue weighted by molar-refractivity contribution is 0.0697. The van der Waals surface area contributed by atoms with Crippen molar-refractivity contribution in [2.24, 2.45) is 5.92 Å². The molecule has 2 amide bonds. The Labute approximate surface area is 143 Å². The third kappa shape index (κ3) is 5.53. The molecule has 0 bridgehead atoms. The van der Waals surface area contributed by atoms with Gasteiger partial charge in [-0.25, -0.2) is 9.59 Å². The molecule has 1 aromatic carbocycles. The molecule has 0 unspecified atom stereocenters. The molecule has 0 aliphatic carbocycles. The van der Waals surface area contributed by atoms with Gasteiger partial charge < -0.3 is 15.7 Å². The average Bonchev–Trinajstić information content (AvgIpc) is 2.97. The fourth-order valence-corrected chi connectivity index (χ4v) is 3.06. The molecule has 0 spiro atoms. The van der Waals surface area contributed by atoms with Crippen molar-refractivity contribution in [3.63, 3.8) is 0 Å². The van der Waals surface area contributed by atoms with E-state index in [4.69, 9.17) is 5.11 Å². The van der Waals surface area contributed by atoms with Crippen molar-refractivity contribution in [2.45, 2.75) is 39.3 Å². The highest BCUT2D eigenvalue weighted by atomic mass is 16.4. The average molecular weight is 333 g/mol. The van der Waals surface area contributed by atoms with E-state index in [0.29, 0.717) is 25.0 Å². The summed E-state index contributed by atoms with van der Waals surface area (Å²) in [6.07, 6.45) is 2.32. The Kier molecular flexibility index (Phi) is 6.61. The molecule has 1 atom stereocenters. The maximum absolute atomic E-state index is 11.9. The Morgan fingerprint density at radius 3 is 2.58 bits per heavy atom. The van der Waals surface area contributed by atoms with E-state index in [1.807, 2.05) is 0 Å². The number of carbonyl (C=O) groups is 2. The van der Waals surface area contributed by atoms with Gasteiger partial charge in [-0.1, -0.05) is 26.0 Å². The van der Waals surface area contributed by atoms with Gasteiger partial charge >= 0.3 is 12.0 Å². The summed E-state index contributed by atoms with van der Waals surface area (Å²) in [5.74, 6) is -0.317. The lowest BCUT2D eigenvalue weighted by Crippen LogP contribution is -2.44. The van der Waals surface area contributed by atoms with Gasteiger partial charge in [0.15, 0.2) is 0 Å². The van der Waals surface area contributed by atoms with Crippen molar-refractivity contribution >= 4 is 12.0 Å². The molecule has 0 saturated carbocycles. The summed E-state index contributed by atoms with van der Waals surface area (Å²) in [6, 6.07) is 6.75. The Hall–Kier alpha value is -2.08. The Bertz CT molecular complexity index is 557. The van der Waals surface area contributed by atoms with Crippen molar-refractivity contribution in [1.82, 2.24) is 15.5 Å². The second-order valence-electron chi connectivity index (χ2n) is 6.75. The summed E-state index contributed by atoms with van der Waals surface area (Å²) in [4.78, 5) is 25.2. The number of hydrogen-bond donors (Lipinski definition) is 3. The fourth-order valence-electron chi connectivity index (χ4n) is 3.06. The zero-order chi connectivity index (χ0) is 17.5. The number of nitrogens with zero attached hydrogens (tertiary/aromatic N) is 1. The number of carbonyl (C=O) groups excluding carboxylic acids is 1. The van der Waals surface area contributed by atoms with Crippen LogP contribution in [0.15, 0.2) is 24.3 Å². The lowest BCUT2D eigenvalue weighted by Gasteiger charge is -2.26. The maximum Gasteiger partial charge on any atom is 0.335 e. The Morgan fingerprint density at radius 1 is 1.25 bits per heavy atom. The molecule has 0 aromatic heterocycles. The molecule has 6 heteroatoms. The zero-order valence-corrected chi connectivity index (χ0v) is 14.4. The second-order valence-corrected chi connectivity index (χ2v) is 6.75. The molecule has 3 N–H and O–H groups in total. The van der Waals surface area contributed by atoms with Crippen molar-refractivity contribution in [3.05, 3.63) is 35.4 Å². The van der Waals surface area contributed by atoms with Crippen LogP contribution in [0.25, 0.3) is 0 Å². The highest BCUT2D eigenvalue weighted by molar-refractivity contribution is 5.87. The number of benzene rings is 1. The highest BCUT2D eigenvalue weighted by Gasteiger charge is 2.24. The Morgan fingerprint density at radius 2 is 1.96 bits per heavy atom. The van der Waals surface area contributed by atoms with Crippen molar-refractivity contribution in [3.8, 4) is 0 Å². The number of likely N-dealkylation sites (tertiary alicyclic amines) is 1. The van der Waals surface area contributed by atoms with Crippen LogP contribution in [0.1, 0.15) is 42.6 Å². The maximum atomic E-state index is 11.9. The van der Waals surface area contributed by atoms with E-state index in [9.17, 15) is 9.59 Å². The van der Waals surface area contributed by atoms with E-state index in [2.05, 4.69) is 29.4 Å². The van der Waals surface area contributed by atoms with Crippen molar-refractivity contribution in [1.29, 1.82) is 0 Å². The summed E-state index contributed by atoms with van der Waals surface area (Å²) in [7, 11) is 0. The molecule has 1 heterocycles. The molecule has 1 aliphatic rings. The topological polar surface area (TPSA) is 81.7 Å². The van der Waals surface area contributed by atoms with Crippen molar-refractivity contribution < 1.29 is 14.7 Å². The van der Waals surface area contributed by atoms with Crippen LogP contribution in [-0.4, -0.2) is 47.7 Å². The van der Waals surface area contributed by atoms with Crippen LogP contribution in [0.5, 0.6) is 0 Å². The quantitative estimate of drug-likeness (QED) is 0.715. The van der Waals surface area contributed by atoms with Crippen LogP contribution < -0.4 is 10.6 Å². The van der Waals surface area contributed by atoms with Gasteiger partial charge in [0.05, 0.1) is 5.56 Å². The number of urea groups is 1. The molecule has 1 aliphatic heterocycles. The minimum absolute atomic E-state index is 0.186. The molecule has 6 nitrogen and oxygen atoms in total. The van der Waals surface area contributed by atoms with Gasteiger partial charge in [0.25, 0.3) is 0 Å². The first kappa shape index (κ1) is 18.3. The number of aromatic carboxylic acids is 1. The number of hydrogen-bond acceptors (Lipinski definition) is 3. The molecular formula is C18H27N3O3. The number of nitrogens with one attached hydrogen (secondary N) is 2. The molecule has 2 rings (SSSR count). The van der Waals surface area contributed by atoms with Gasteiger partial charge in [0, 0.05) is 25.7 Å². The minimum atomic E-state index is -0.949. The number of carboxylic acid groups (broad SMARTS) is 1. The van der Waals surface area contributed by atoms with Gasteiger partial charge in [0.1, 0.15) is 0 Å². The van der Waals surface area contributed by atoms with Gasteiger partial charge in [-0.2, -0.15) is 0 Å². The first-order chi connectivity index (χ1) is 11.5. The number of rotatable bonds is 7. The van der Waals surface area contributed by atoms with Gasteiger partial charge in [0.2, 0.25) is 0 Å². The van der Waals surface area contributed by atoms with E-state index >= 15 is 0 Å². The summed E-state index contributed by atoms with van der Waals surface area (Å²) in [6.45, 7) is 7.66.